The van der Waals surface area contributed by atoms with Gasteiger partial charge in [0.1, 0.15) is 18.7 Å². The number of aryl methyl sites for hydroxylation is 1. The normalized spacial score (nSPS) is 16.6. The first-order valence-electron chi connectivity index (χ1n) is 9.84. The van der Waals surface area contributed by atoms with Gasteiger partial charge in [0.05, 0.1) is 0 Å². The van der Waals surface area contributed by atoms with E-state index in [-0.39, 0.29) is 11.9 Å². The molecular weight excluding hydrogens is 413 g/mol. The van der Waals surface area contributed by atoms with E-state index in [2.05, 4.69) is 30.2 Å². The zero-order chi connectivity index (χ0) is 22.0. The summed E-state index contributed by atoms with van der Waals surface area (Å²) in [7, 11) is 0. The Kier molecular flexibility index (Phi) is 5.61. The molecule has 4 rings (SSSR count). The molecule has 0 saturated carbocycles. The number of pyridine rings is 1. The number of nitrogens with zero attached hydrogens (tertiary/aromatic N) is 6. The Morgan fingerprint density at radius 1 is 1.26 bits per heavy atom. The second-order valence-corrected chi connectivity index (χ2v) is 7.14. The van der Waals surface area contributed by atoms with E-state index in [1.165, 1.54) is 10.9 Å². The van der Waals surface area contributed by atoms with E-state index < -0.39 is 18.6 Å². The van der Waals surface area contributed by atoms with Crippen LogP contribution in [0.1, 0.15) is 24.0 Å². The fourth-order valence-corrected chi connectivity index (χ4v) is 3.59. The molecule has 1 aliphatic heterocycles. The van der Waals surface area contributed by atoms with Crippen molar-refractivity contribution in [3.05, 3.63) is 36.5 Å². The van der Waals surface area contributed by atoms with Crippen molar-refractivity contribution < 1.29 is 18.0 Å². The summed E-state index contributed by atoms with van der Waals surface area (Å²) in [5.74, 6) is 0.283. The predicted octanol–water partition coefficient (Wildman–Crippen LogP) is 2.22. The second kappa shape index (κ2) is 8.36. The van der Waals surface area contributed by atoms with Gasteiger partial charge in [-0.2, -0.15) is 13.2 Å². The third kappa shape index (κ3) is 4.52. The third-order valence-electron chi connectivity index (χ3n) is 5.00. The number of alkyl halides is 3. The molecule has 1 amide bonds. The van der Waals surface area contributed by atoms with Crippen molar-refractivity contribution in [3.63, 3.8) is 0 Å². The molecule has 0 bridgehead atoms. The first kappa shape index (κ1) is 20.8. The van der Waals surface area contributed by atoms with E-state index in [4.69, 9.17) is 0 Å². The van der Waals surface area contributed by atoms with Crippen molar-refractivity contribution in [2.45, 2.75) is 32.1 Å². The highest BCUT2D eigenvalue weighted by atomic mass is 19.4. The van der Waals surface area contributed by atoms with Crippen LogP contribution < -0.4 is 15.5 Å². The molecule has 164 valence electrons. The summed E-state index contributed by atoms with van der Waals surface area (Å²) < 4.78 is 38.9. The minimum atomic E-state index is -4.51. The zero-order valence-electron chi connectivity index (χ0n) is 16.7. The first-order valence-corrected chi connectivity index (χ1v) is 9.84. The molecule has 0 spiro atoms. The summed E-state index contributed by atoms with van der Waals surface area (Å²) in [6.07, 6.45) is -0.573. The molecule has 3 aromatic heterocycles. The molecule has 1 atom stereocenters. The van der Waals surface area contributed by atoms with E-state index in [0.29, 0.717) is 30.1 Å². The van der Waals surface area contributed by atoms with Crippen LogP contribution in [-0.4, -0.2) is 62.3 Å². The van der Waals surface area contributed by atoms with Gasteiger partial charge in [0.25, 0.3) is 5.91 Å². The number of hydrogen-bond donors (Lipinski definition) is 2. The standard InChI is InChI=1S/C19H21F3N8O/c1-2-30-16-14(28-17(30)18(31)24-10-19(20,21)22)15(25-11-26-16)27-12-6-8-29(9-12)13-5-3-4-7-23-13/h3-5,7,11-12H,2,6,8-10H2,1H3,(H,24,31)(H,25,26,27). The molecule has 31 heavy (non-hydrogen) atoms. The van der Waals surface area contributed by atoms with E-state index in [1.807, 2.05) is 23.5 Å². The Hall–Kier alpha value is -3.44. The molecule has 3 aromatic rings. The largest absolute Gasteiger partial charge is 0.405 e. The summed E-state index contributed by atoms with van der Waals surface area (Å²) in [5.41, 5.74) is 0.731. The average Bonchev–Trinajstić information content (AvgIpc) is 3.37. The predicted molar refractivity (Wildman–Crippen MR) is 108 cm³/mol. The van der Waals surface area contributed by atoms with Crippen LogP contribution in [0.25, 0.3) is 11.2 Å². The van der Waals surface area contributed by atoms with Crippen LogP contribution >= 0.6 is 0 Å². The first-order chi connectivity index (χ1) is 14.9. The minimum absolute atomic E-state index is 0.0642. The average molecular weight is 434 g/mol. The summed E-state index contributed by atoms with van der Waals surface area (Å²) in [4.78, 5) is 31.6. The molecule has 2 N–H and O–H groups in total. The van der Waals surface area contributed by atoms with Gasteiger partial charge in [0.15, 0.2) is 17.0 Å². The van der Waals surface area contributed by atoms with Crippen molar-refractivity contribution in [3.8, 4) is 0 Å². The van der Waals surface area contributed by atoms with Crippen LogP contribution in [0.15, 0.2) is 30.7 Å². The lowest BCUT2D eigenvalue weighted by atomic mass is 10.2. The monoisotopic (exact) mass is 434 g/mol. The lowest BCUT2D eigenvalue weighted by Gasteiger charge is -2.18. The number of nitrogens with one attached hydrogen (secondary N) is 2. The molecule has 1 saturated heterocycles. The molecule has 0 radical (unpaired) electrons. The van der Waals surface area contributed by atoms with Crippen LogP contribution in [0.2, 0.25) is 0 Å². The number of imidazole rings is 1. The van der Waals surface area contributed by atoms with Crippen molar-refractivity contribution in [2.24, 2.45) is 0 Å². The highest BCUT2D eigenvalue weighted by Gasteiger charge is 2.30. The fraction of sp³-hybridized carbons (Fsp3) is 0.421. The van der Waals surface area contributed by atoms with Gasteiger partial charge in [0.2, 0.25) is 5.82 Å². The third-order valence-corrected chi connectivity index (χ3v) is 5.00. The van der Waals surface area contributed by atoms with Crippen molar-refractivity contribution in [1.29, 1.82) is 0 Å². The van der Waals surface area contributed by atoms with Gasteiger partial charge in [-0.15, -0.1) is 0 Å². The summed E-state index contributed by atoms with van der Waals surface area (Å²) in [6.45, 7) is 2.17. The van der Waals surface area contributed by atoms with Crippen LogP contribution in [0.3, 0.4) is 0 Å². The number of carbonyl (C=O) groups is 1. The Bertz CT molecular complexity index is 1070. The highest BCUT2D eigenvalue weighted by molar-refractivity contribution is 5.96. The second-order valence-electron chi connectivity index (χ2n) is 7.14. The number of rotatable bonds is 6. The molecule has 0 aromatic carbocycles. The van der Waals surface area contributed by atoms with Crippen LogP contribution in [0.4, 0.5) is 24.8 Å². The molecule has 0 aliphatic carbocycles. The van der Waals surface area contributed by atoms with Crippen molar-refractivity contribution in [1.82, 2.24) is 29.8 Å². The number of fused-ring (bicyclic) bond motifs is 1. The Labute approximate surface area is 175 Å². The summed E-state index contributed by atoms with van der Waals surface area (Å²) >= 11 is 0. The van der Waals surface area contributed by atoms with Gasteiger partial charge >= 0.3 is 6.18 Å². The number of aromatic nitrogens is 5. The van der Waals surface area contributed by atoms with Gasteiger partial charge in [-0.05, 0) is 25.5 Å². The Morgan fingerprint density at radius 3 is 2.81 bits per heavy atom. The molecule has 1 unspecified atom stereocenters. The zero-order valence-corrected chi connectivity index (χ0v) is 16.7. The lowest BCUT2D eigenvalue weighted by molar-refractivity contribution is -0.123. The number of carbonyl (C=O) groups excluding carboxylic acids is 1. The minimum Gasteiger partial charge on any atom is -0.364 e. The van der Waals surface area contributed by atoms with Gasteiger partial charge in [-0.3, -0.25) is 4.79 Å². The molecule has 1 aliphatic rings. The fourth-order valence-electron chi connectivity index (χ4n) is 3.59. The smallest absolute Gasteiger partial charge is 0.364 e. The molecular formula is C19H21F3N8O. The number of halogens is 3. The maximum Gasteiger partial charge on any atom is 0.405 e. The SMILES string of the molecule is CCn1c(C(=O)NCC(F)(F)F)nc2c(NC3CCN(c4ccccn4)C3)ncnc21. The van der Waals surface area contributed by atoms with Gasteiger partial charge in [-0.1, -0.05) is 6.07 Å². The quantitative estimate of drug-likeness (QED) is 0.614. The number of hydrogen-bond acceptors (Lipinski definition) is 7. The van der Waals surface area contributed by atoms with Crippen LogP contribution in [0, 0.1) is 0 Å². The molecule has 12 heteroatoms. The van der Waals surface area contributed by atoms with Gasteiger partial charge < -0.3 is 20.1 Å². The molecule has 4 heterocycles. The van der Waals surface area contributed by atoms with Crippen LogP contribution in [-0.2, 0) is 6.54 Å². The maximum atomic E-state index is 12.5. The topological polar surface area (TPSA) is 101 Å². The van der Waals surface area contributed by atoms with E-state index in [0.717, 1.165) is 18.8 Å². The molecule has 1 fully saturated rings. The van der Waals surface area contributed by atoms with E-state index in [1.54, 1.807) is 13.1 Å². The lowest BCUT2D eigenvalue weighted by Crippen LogP contribution is -2.35. The Morgan fingerprint density at radius 2 is 2.10 bits per heavy atom. The van der Waals surface area contributed by atoms with Gasteiger partial charge in [0, 0.05) is 31.9 Å². The number of anilines is 2. The van der Waals surface area contributed by atoms with Crippen molar-refractivity contribution in [2.75, 3.05) is 29.9 Å². The maximum absolute atomic E-state index is 12.5. The Balaban J connectivity index is 1.55. The van der Waals surface area contributed by atoms with E-state index in [9.17, 15) is 18.0 Å². The highest BCUT2D eigenvalue weighted by Crippen LogP contribution is 2.24. The van der Waals surface area contributed by atoms with Crippen LogP contribution in [0.5, 0.6) is 0 Å². The van der Waals surface area contributed by atoms with Gasteiger partial charge in [-0.25, -0.2) is 19.9 Å². The van der Waals surface area contributed by atoms with E-state index >= 15 is 0 Å². The summed E-state index contributed by atoms with van der Waals surface area (Å²) in [6, 6.07) is 5.80. The molecule has 9 nitrogen and oxygen atoms in total. The number of amides is 1. The summed E-state index contributed by atoms with van der Waals surface area (Å²) in [5, 5.41) is 5.20. The van der Waals surface area contributed by atoms with Crippen molar-refractivity contribution >= 4 is 28.7 Å².